The van der Waals surface area contributed by atoms with E-state index in [9.17, 15) is 13.6 Å². The van der Waals surface area contributed by atoms with Gasteiger partial charge in [0.05, 0.1) is 6.42 Å². The Hall–Kier alpha value is -3.29. The van der Waals surface area contributed by atoms with Crippen molar-refractivity contribution < 1.29 is 23.0 Å². The van der Waals surface area contributed by atoms with Gasteiger partial charge < -0.3 is 14.4 Å². The summed E-state index contributed by atoms with van der Waals surface area (Å²) in [4.78, 5) is 16.8. The summed E-state index contributed by atoms with van der Waals surface area (Å²) in [5, 5.41) is 0. The van der Waals surface area contributed by atoms with E-state index in [1.807, 2.05) is 0 Å². The van der Waals surface area contributed by atoms with E-state index in [4.69, 9.17) is 9.47 Å². The highest BCUT2D eigenvalue weighted by molar-refractivity contribution is 5.73. The molecule has 0 aliphatic carbocycles. The summed E-state index contributed by atoms with van der Waals surface area (Å²) >= 11 is 0. The molecule has 0 aromatic heterocycles. The molecule has 0 radical (unpaired) electrons. The minimum atomic E-state index is -0.411. The fraction of sp³-hybridized carbons (Fsp3) is 0.321. The van der Waals surface area contributed by atoms with Crippen molar-refractivity contribution in [2.24, 2.45) is 0 Å². The predicted molar refractivity (Wildman–Crippen MR) is 131 cm³/mol. The number of esters is 1. The Balaban J connectivity index is 1.26. The van der Waals surface area contributed by atoms with Crippen LogP contribution in [0.2, 0.25) is 0 Å². The van der Waals surface area contributed by atoms with E-state index in [-0.39, 0.29) is 24.7 Å². The van der Waals surface area contributed by atoms with Crippen molar-refractivity contribution in [1.82, 2.24) is 9.80 Å². The fourth-order valence-electron chi connectivity index (χ4n) is 3.99. The van der Waals surface area contributed by atoms with Crippen LogP contribution in [0.4, 0.5) is 8.78 Å². The third-order valence-electron chi connectivity index (χ3n) is 6.11. The molecule has 1 aliphatic heterocycles. The van der Waals surface area contributed by atoms with Crippen molar-refractivity contribution in [3.05, 3.63) is 89.5 Å². The minimum absolute atomic E-state index is 0.0175. The molecule has 0 amide bonds. The molecular weight excluding hydrogens is 450 g/mol. The third kappa shape index (κ3) is 7.34. The number of hydrogen-bond donors (Lipinski definition) is 0. The third-order valence-corrected chi connectivity index (χ3v) is 6.11. The summed E-state index contributed by atoms with van der Waals surface area (Å²) in [6, 6.07) is 18.0. The Morgan fingerprint density at radius 1 is 0.914 bits per heavy atom. The largest absolute Gasteiger partial charge is 0.492 e. The van der Waals surface area contributed by atoms with Gasteiger partial charge in [-0.15, -0.1) is 0 Å². The molecule has 0 atom stereocenters. The Kier molecular flexibility index (Phi) is 8.45. The second kappa shape index (κ2) is 11.9. The number of rotatable bonds is 9. The van der Waals surface area contributed by atoms with E-state index in [1.54, 1.807) is 48.5 Å². The second-order valence-electron chi connectivity index (χ2n) is 8.80. The Bertz CT molecular complexity index is 1130. The maximum atomic E-state index is 14.8. The lowest BCUT2D eigenvalue weighted by Gasteiger charge is -2.32. The first kappa shape index (κ1) is 24.8. The highest BCUT2D eigenvalue weighted by atomic mass is 19.1. The molecule has 0 unspecified atom stereocenters. The first-order chi connectivity index (χ1) is 17.0. The number of carbonyl (C=O) groups excluding carboxylic acids is 1. The van der Waals surface area contributed by atoms with Crippen LogP contribution in [0.1, 0.15) is 11.1 Å². The van der Waals surface area contributed by atoms with Gasteiger partial charge in [0.2, 0.25) is 0 Å². The van der Waals surface area contributed by atoms with Gasteiger partial charge in [-0.1, -0.05) is 36.4 Å². The molecule has 1 heterocycles. The smallest absolute Gasteiger partial charge is 0.310 e. The highest BCUT2D eigenvalue weighted by Crippen LogP contribution is 2.27. The molecule has 35 heavy (non-hydrogen) atoms. The van der Waals surface area contributed by atoms with E-state index in [0.717, 1.165) is 38.3 Å². The molecule has 4 rings (SSSR count). The average Bonchev–Trinajstić information content (AvgIpc) is 2.85. The van der Waals surface area contributed by atoms with Crippen molar-refractivity contribution in [1.29, 1.82) is 0 Å². The number of benzene rings is 3. The highest BCUT2D eigenvalue weighted by Gasteiger charge is 2.14. The topological polar surface area (TPSA) is 42.0 Å². The molecule has 0 bridgehead atoms. The molecule has 184 valence electrons. The van der Waals surface area contributed by atoms with Crippen LogP contribution in [0.15, 0.2) is 66.7 Å². The molecule has 0 saturated carbocycles. The molecule has 5 nitrogen and oxygen atoms in total. The van der Waals surface area contributed by atoms with Gasteiger partial charge in [0, 0.05) is 44.4 Å². The standard InChI is InChI=1S/C28H30F2N2O3/c1-31-11-13-32(14-12-31)15-16-34-25-9-10-26(27(30)19-25)23-7-5-21(6-8-23)18-28(33)35-20-22-3-2-4-24(29)17-22/h2-10,17,19H,11-16,18,20H2,1H3. The Morgan fingerprint density at radius 2 is 1.69 bits per heavy atom. The number of nitrogens with zero attached hydrogens (tertiary/aromatic N) is 2. The van der Waals surface area contributed by atoms with Gasteiger partial charge >= 0.3 is 5.97 Å². The van der Waals surface area contributed by atoms with Crippen molar-refractivity contribution in [3.8, 4) is 16.9 Å². The monoisotopic (exact) mass is 480 g/mol. The van der Waals surface area contributed by atoms with Crippen molar-refractivity contribution >= 4 is 5.97 Å². The summed E-state index contributed by atoms with van der Waals surface area (Å²) in [5.74, 6) is -0.625. The van der Waals surface area contributed by atoms with Gasteiger partial charge in [0.15, 0.2) is 0 Å². The number of hydrogen-bond acceptors (Lipinski definition) is 5. The first-order valence-electron chi connectivity index (χ1n) is 11.8. The van der Waals surface area contributed by atoms with E-state index in [1.165, 1.54) is 18.2 Å². The molecule has 3 aromatic rings. The number of piperazine rings is 1. The Morgan fingerprint density at radius 3 is 2.40 bits per heavy atom. The van der Waals surface area contributed by atoms with Gasteiger partial charge in [0.25, 0.3) is 0 Å². The molecule has 0 spiro atoms. The summed E-state index contributed by atoms with van der Waals surface area (Å²) in [5.41, 5.74) is 2.53. The lowest BCUT2D eigenvalue weighted by atomic mass is 10.0. The summed E-state index contributed by atoms with van der Waals surface area (Å²) < 4.78 is 39.0. The Labute approximate surface area is 204 Å². The van der Waals surface area contributed by atoms with Crippen LogP contribution in [-0.2, 0) is 22.6 Å². The summed E-state index contributed by atoms with van der Waals surface area (Å²) in [6.45, 7) is 5.51. The number of ether oxygens (including phenoxy) is 2. The van der Waals surface area contributed by atoms with Gasteiger partial charge in [0.1, 0.15) is 30.6 Å². The van der Waals surface area contributed by atoms with Gasteiger partial charge in [-0.25, -0.2) is 8.78 Å². The van der Waals surface area contributed by atoms with Crippen molar-refractivity contribution in [3.63, 3.8) is 0 Å². The van der Waals surface area contributed by atoms with Crippen LogP contribution < -0.4 is 4.74 Å². The maximum Gasteiger partial charge on any atom is 0.310 e. The van der Waals surface area contributed by atoms with Gasteiger partial charge in [-0.05, 0) is 48.0 Å². The normalized spacial score (nSPS) is 14.6. The zero-order valence-electron chi connectivity index (χ0n) is 19.9. The van der Waals surface area contributed by atoms with E-state index in [2.05, 4.69) is 16.8 Å². The zero-order chi connectivity index (χ0) is 24.6. The molecule has 1 aliphatic rings. The fourth-order valence-corrected chi connectivity index (χ4v) is 3.99. The van der Waals surface area contributed by atoms with Crippen LogP contribution >= 0.6 is 0 Å². The molecule has 3 aromatic carbocycles. The quantitative estimate of drug-likeness (QED) is 0.421. The second-order valence-corrected chi connectivity index (χ2v) is 8.80. The average molecular weight is 481 g/mol. The van der Waals surface area contributed by atoms with Crippen LogP contribution in [0, 0.1) is 11.6 Å². The van der Waals surface area contributed by atoms with Crippen LogP contribution in [0.3, 0.4) is 0 Å². The van der Waals surface area contributed by atoms with Gasteiger partial charge in [-0.3, -0.25) is 9.69 Å². The van der Waals surface area contributed by atoms with Crippen molar-refractivity contribution in [2.75, 3.05) is 46.4 Å². The van der Waals surface area contributed by atoms with E-state index >= 15 is 0 Å². The molecule has 0 N–H and O–H groups in total. The zero-order valence-corrected chi connectivity index (χ0v) is 19.9. The predicted octanol–water partition coefficient (Wildman–Crippen LogP) is 4.54. The van der Waals surface area contributed by atoms with Crippen molar-refractivity contribution in [2.45, 2.75) is 13.0 Å². The van der Waals surface area contributed by atoms with Crippen LogP contribution in [-0.4, -0.2) is 62.1 Å². The lowest BCUT2D eigenvalue weighted by Crippen LogP contribution is -2.45. The van der Waals surface area contributed by atoms with E-state index in [0.29, 0.717) is 29.0 Å². The first-order valence-corrected chi connectivity index (χ1v) is 11.8. The maximum absolute atomic E-state index is 14.8. The summed E-state index contributed by atoms with van der Waals surface area (Å²) in [6.07, 6.45) is 0.0815. The van der Waals surface area contributed by atoms with E-state index < -0.39 is 5.97 Å². The molecular formula is C28H30F2N2O3. The minimum Gasteiger partial charge on any atom is -0.492 e. The lowest BCUT2D eigenvalue weighted by molar-refractivity contribution is -0.144. The SMILES string of the molecule is CN1CCN(CCOc2ccc(-c3ccc(CC(=O)OCc4cccc(F)c4)cc3)c(F)c2)CC1. The number of halogens is 2. The molecule has 7 heteroatoms. The number of carbonyl (C=O) groups is 1. The van der Waals surface area contributed by atoms with Gasteiger partial charge in [-0.2, -0.15) is 0 Å². The van der Waals surface area contributed by atoms with Crippen LogP contribution in [0.25, 0.3) is 11.1 Å². The molecule has 1 saturated heterocycles. The van der Waals surface area contributed by atoms with Crippen LogP contribution in [0.5, 0.6) is 5.75 Å². The molecule has 1 fully saturated rings. The summed E-state index contributed by atoms with van der Waals surface area (Å²) in [7, 11) is 2.12. The number of likely N-dealkylation sites (N-methyl/N-ethyl adjacent to an activating group) is 1.